The number of benzene rings is 2. The van der Waals surface area contributed by atoms with Crippen LogP contribution in [0.25, 0.3) is 11.0 Å². The van der Waals surface area contributed by atoms with E-state index in [1.165, 1.54) is 14.2 Å². The molecule has 8 nitrogen and oxygen atoms in total. The summed E-state index contributed by atoms with van der Waals surface area (Å²) >= 11 is 6.20. The summed E-state index contributed by atoms with van der Waals surface area (Å²) in [5.74, 6) is 1.78. The van der Waals surface area contributed by atoms with Crippen LogP contribution in [0.4, 0.5) is 11.5 Å². The predicted molar refractivity (Wildman–Crippen MR) is 133 cm³/mol. The molecule has 0 radical (unpaired) electrons. The van der Waals surface area contributed by atoms with Crippen LogP contribution in [0.5, 0.6) is 17.4 Å². The van der Waals surface area contributed by atoms with E-state index < -0.39 is 0 Å². The second kappa shape index (κ2) is 10.8. The number of rotatable bonds is 8. The summed E-state index contributed by atoms with van der Waals surface area (Å²) in [6.45, 7) is 3.89. The van der Waals surface area contributed by atoms with Gasteiger partial charge in [0.1, 0.15) is 11.5 Å². The summed E-state index contributed by atoms with van der Waals surface area (Å²) in [5, 5.41) is 3.40. The van der Waals surface area contributed by atoms with Crippen LogP contribution in [0.1, 0.15) is 26.2 Å². The number of carbonyl (C=O) groups is 1. The lowest BCUT2D eigenvalue weighted by atomic mass is 9.97. The number of nitrogens with zero attached hydrogens (tertiary/aromatic N) is 3. The van der Waals surface area contributed by atoms with E-state index in [2.05, 4.69) is 17.1 Å². The summed E-state index contributed by atoms with van der Waals surface area (Å²) in [7, 11) is 3.06. The fraction of sp³-hybridized carbons (Fsp3) is 0.400. The molecule has 1 aliphatic heterocycles. The minimum absolute atomic E-state index is 0.0999. The third kappa shape index (κ3) is 5.12. The average molecular weight is 485 g/mol. The Morgan fingerprint density at radius 2 is 1.88 bits per heavy atom. The number of para-hydroxylation sites is 2. The van der Waals surface area contributed by atoms with Crippen molar-refractivity contribution in [1.82, 2.24) is 9.97 Å². The summed E-state index contributed by atoms with van der Waals surface area (Å²) in [5.41, 5.74) is 2.10. The zero-order chi connectivity index (χ0) is 24.1. The van der Waals surface area contributed by atoms with Crippen LogP contribution in [0.2, 0.25) is 5.02 Å². The van der Waals surface area contributed by atoms with Gasteiger partial charge in [-0.25, -0.2) is 9.97 Å². The molecule has 1 N–H and O–H groups in total. The monoisotopic (exact) mass is 484 g/mol. The fourth-order valence-corrected chi connectivity index (χ4v) is 4.28. The number of methoxy groups -OCH3 is 2. The molecule has 0 aliphatic carbocycles. The number of fused-ring (bicyclic) bond motifs is 1. The van der Waals surface area contributed by atoms with Gasteiger partial charge in [-0.15, -0.1) is 0 Å². The molecule has 1 amide bonds. The van der Waals surface area contributed by atoms with Crippen LogP contribution in [0.15, 0.2) is 36.4 Å². The molecule has 1 saturated heterocycles. The quantitative estimate of drug-likeness (QED) is 0.484. The van der Waals surface area contributed by atoms with Crippen molar-refractivity contribution in [3.05, 3.63) is 41.4 Å². The third-order valence-electron chi connectivity index (χ3n) is 5.79. The number of halogens is 1. The lowest BCUT2D eigenvalue weighted by molar-refractivity contribution is -0.120. The minimum atomic E-state index is -0.243. The minimum Gasteiger partial charge on any atom is -0.495 e. The Kier molecular flexibility index (Phi) is 7.57. The smallest absolute Gasteiger partial charge is 0.258 e. The standard InChI is InChI=1S/C25H29ClN4O4/c1-4-12-34-25-23(27-18-9-5-6-10-19(18)29-25)30-11-7-8-16(15-30)24(31)28-20-14-21(32-2)17(26)13-22(20)33-3/h5-6,9-10,13-14,16H,4,7-8,11-12,15H2,1-3H3,(H,28,31)/t16-/m1/s1. The molecular formula is C25H29ClN4O4. The number of amides is 1. The van der Waals surface area contributed by atoms with Crippen LogP contribution < -0.4 is 24.4 Å². The zero-order valence-electron chi connectivity index (χ0n) is 19.6. The molecule has 0 spiro atoms. The van der Waals surface area contributed by atoms with Gasteiger partial charge in [-0.3, -0.25) is 4.79 Å². The Morgan fingerprint density at radius 3 is 2.59 bits per heavy atom. The van der Waals surface area contributed by atoms with E-state index in [1.54, 1.807) is 12.1 Å². The number of piperidine rings is 1. The molecule has 34 heavy (non-hydrogen) atoms. The largest absolute Gasteiger partial charge is 0.495 e. The number of carbonyl (C=O) groups excluding carboxylic acids is 1. The van der Waals surface area contributed by atoms with E-state index in [1.807, 2.05) is 24.3 Å². The lowest BCUT2D eigenvalue weighted by Crippen LogP contribution is -2.41. The molecule has 2 aromatic carbocycles. The normalized spacial score (nSPS) is 15.8. The van der Waals surface area contributed by atoms with Crippen molar-refractivity contribution in [2.24, 2.45) is 5.92 Å². The first-order valence-electron chi connectivity index (χ1n) is 11.4. The fourth-order valence-electron chi connectivity index (χ4n) is 4.05. The number of nitrogens with one attached hydrogen (secondary N) is 1. The highest BCUT2D eigenvalue weighted by atomic mass is 35.5. The maximum Gasteiger partial charge on any atom is 0.258 e. The molecule has 3 aromatic rings. The van der Waals surface area contributed by atoms with E-state index in [9.17, 15) is 4.79 Å². The maximum atomic E-state index is 13.2. The van der Waals surface area contributed by atoms with Gasteiger partial charge >= 0.3 is 0 Å². The van der Waals surface area contributed by atoms with Crippen LogP contribution in [-0.2, 0) is 4.79 Å². The Balaban J connectivity index is 1.57. The van der Waals surface area contributed by atoms with Crippen LogP contribution in [0.3, 0.4) is 0 Å². The number of aromatic nitrogens is 2. The molecule has 0 saturated carbocycles. The summed E-state index contributed by atoms with van der Waals surface area (Å²) < 4.78 is 16.6. The van der Waals surface area contributed by atoms with Crippen LogP contribution in [-0.4, -0.2) is 49.8 Å². The topological polar surface area (TPSA) is 85.8 Å². The van der Waals surface area contributed by atoms with Gasteiger partial charge in [0.25, 0.3) is 5.88 Å². The molecule has 4 rings (SSSR count). The van der Waals surface area contributed by atoms with E-state index in [-0.39, 0.29) is 11.8 Å². The Hall–Kier alpha value is -3.26. The average Bonchev–Trinajstić information content (AvgIpc) is 2.87. The highest BCUT2D eigenvalue weighted by Gasteiger charge is 2.29. The molecule has 2 heterocycles. The van der Waals surface area contributed by atoms with E-state index >= 15 is 0 Å². The first-order chi connectivity index (χ1) is 16.5. The predicted octanol–water partition coefficient (Wildman–Crippen LogP) is 4.94. The molecule has 1 aromatic heterocycles. The maximum absolute atomic E-state index is 13.2. The molecule has 9 heteroatoms. The lowest BCUT2D eigenvalue weighted by Gasteiger charge is -2.33. The van der Waals surface area contributed by atoms with Gasteiger partial charge < -0.3 is 24.4 Å². The summed E-state index contributed by atoms with van der Waals surface area (Å²) in [4.78, 5) is 24.9. The zero-order valence-corrected chi connectivity index (χ0v) is 20.4. The number of hydrogen-bond donors (Lipinski definition) is 1. The van der Waals surface area contributed by atoms with Crippen molar-refractivity contribution in [3.63, 3.8) is 0 Å². The van der Waals surface area contributed by atoms with E-state index in [0.717, 1.165) is 36.8 Å². The van der Waals surface area contributed by atoms with Crippen molar-refractivity contribution < 1.29 is 19.0 Å². The Labute approximate surface area is 204 Å². The first kappa shape index (κ1) is 23.9. The molecule has 0 unspecified atom stereocenters. The van der Waals surface area contributed by atoms with Gasteiger partial charge in [-0.1, -0.05) is 30.7 Å². The van der Waals surface area contributed by atoms with Crippen LogP contribution in [0, 0.1) is 5.92 Å². The molecule has 0 bridgehead atoms. The summed E-state index contributed by atoms with van der Waals surface area (Å²) in [6.07, 6.45) is 2.48. The van der Waals surface area contributed by atoms with Gasteiger partial charge in [-0.2, -0.15) is 0 Å². The van der Waals surface area contributed by atoms with Gasteiger partial charge in [0.2, 0.25) is 5.91 Å². The Bertz CT molecular complexity index is 1170. The molecular weight excluding hydrogens is 456 g/mol. The Morgan fingerprint density at radius 1 is 1.15 bits per heavy atom. The SMILES string of the molecule is CCCOc1nc2ccccc2nc1N1CCC[C@@H](C(=O)Nc2cc(OC)c(Cl)cc2OC)C1. The second-order valence-electron chi connectivity index (χ2n) is 8.15. The first-order valence-corrected chi connectivity index (χ1v) is 11.8. The molecule has 1 atom stereocenters. The van der Waals surface area contributed by atoms with E-state index in [0.29, 0.717) is 47.1 Å². The number of anilines is 2. The van der Waals surface area contributed by atoms with Gasteiger partial charge in [0.05, 0.1) is 48.5 Å². The summed E-state index contributed by atoms with van der Waals surface area (Å²) in [6, 6.07) is 11.0. The van der Waals surface area contributed by atoms with Crippen molar-refractivity contribution in [3.8, 4) is 17.4 Å². The van der Waals surface area contributed by atoms with Crippen molar-refractivity contribution in [2.75, 3.05) is 44.1 Å². The molecule has 1 aliphatic rings. The number of hydrogen-bond acceptors (Lipinski definition) is 7. The van der Waals surface area contributed by atoms with Crippen molar-refractivity contribution >= 4 is 40.0 Å². The number of ether oxygens (including phenoxy) is 3. The van der Waals surface area contributed by atoms with Crippen molar-refractivity contribution in [1.29, 1.82) is 0 Å². The van der Waals surface area contributed by atoms with E-state index in [4.69, 9.17) is 35.8 Å². The molecule has 1 fully saturated rings. The van der Waals surface area contributed by atoms with Gasteiger partial charge in [0, 0.05) is 25.2 Å². The third-order valence-corrected chi connectivity index (χ3v) is 6.08. The highest BCUT2D eigenvalue weighted by molar-refractivity contribution is 6.32. The van der Waals surface area contributed by atoms with Crippen molar-refractivity contribution in [2.45, 2.75) is 26.2 Å². The second-order valence-corrected chi connectivity index (χ2v) is 8.56. The molecule has 180 valence electrons. The van der Waals surface area contributed by atoms with Gasteiger partial charge in [0.15, 0.2) is 5.82 Å². The van der Waals surface area contributed by atoms with Crippen LogP contribution >= 0.6 is 11.6 Å². The highest BCUT2D eigenvalue weighted by Crippen LogP contribution is 2.37. The van der Waals surface area contributed by atoms with Gasteiger partial charge in [-0.05, 0) is 31.4 Å².